The fourth-order valence-corrected chi connectivity index (χ4v) is 4.11. The van der Waals surface area contributed by atoms with Gasteiger partial charge in [-0.2, -0.15) is 28.9 Å². The van der Waals surface area contributed by atoms with Gasteiger partial charge in [0.25, 0.3) is 10.1 Å². The molecule has 0 aliphatic heterocycles. The number of benzene rings is 4. The minimum Gasteiger partial charge on any atom is -0.496 e. The maximum atomic E-state index is 12.8. The highest BCUT2D eigenvalue weighted by atomic mass is 32.2. The van der Waals surface area contributed by atoms with Crippen LogP contribution in [0.5, 0.6) is 11.5 Å². The second-order valence-corrected chi connectivity index (χ2v) is 9.74. The fourth-order valence-electron chi connectivity index (χ4n) is 3.59. The second kappa shape index (κ2) is 12.7. The third-order valence-corrected chi connectivity index (χ3v) is 6.36. The average molecular weight is 560 g/mol. The van der Waals surface area contributed by atoms with Crippen LogP contribution >= 0.6 is 0 Å². The van der Waals surface area contributed by atoms with Crippen molar-refractivity contribution in [2.75, 3.05) is 19.5 Å². The Balaban J connectivity index is 1.44. The summed E-state index contributed by atoms with van der Waals surface area (Å²) in [7, 11) is -1.39. The van der Waals surface area contributed by atoms with Crippen LogP contribution in [-0.4, -0.2) is 33.1 Å². The minimum atomic E-state index is -4.36. The molecule has 0 saturated heterocycles. The molecule has 0 radical (unpaired) electrons. The Morgan fingerprint density at radius 3 is 1.95 bits per heavy atom. The molecule has 0 atom stereocenters. The zero-order valence-corrected chi connectivity index (χ0v) is 22.4. The molecule has 0 unspecified atom stereocenters. The van der Waals surface area contributed by atoms with E-state index in [-0.39, 0.29) is 22.9 Å². The molecule has 4 rings (SSSR count). The van der Waals surface area contributed by atoms with Crippen molar-refractivity contribution in [1.29, 1.82) is 0 Å². The number of carbonyl (C=O) groups excluding carboxylic acids is 1. The fraction of sp³-hybridized carbons (Fsp3) is 0.107. The van der Waals surface area contributed by atoms with Crippen molar-refractivity contribution in [2.24, 2.45) is 20.5 Å². The predicted octanol–water partition coefficient (Wildman–Crippen LogP) is 6.96. The molecule has 1 amide bonds. The maximum Gasteiger partial charge on any atom is 0.294 e. The Labute approximate surface area is 231 Å². The van der Waals surface area contributed by atoms with Gasteiger partial charge >= 0.3 is 0 Å². The highest BCUT2D eigenvalue weighted by Gasteiger charge is 2.13. The van der Waals surface area contributed by atoms with E-state index in [1.165, 1.54) is 38.5 Å². The van der Waals surface area contributed by atoms with Gasteiger partial charge in [-0.05, 0) is 48.5 Å². The minimum absolute atomic E-state index is 0.0357. The Kier molecular flexibility index (Phi) is 8.94. The highest BCUT2D eigenvalue weighted by molar-refractivity contribution is 7.85. The quantitative estimate of drug-likeness (QED) is 0.158. The van der Waals surface area contributed by atoms with E-state index in [1.807, 2.05) is 30.3 Å². The van der Waals surface area contributed by atoms with Crippen molar-refractivity contribution >= 4 is 44.5 Å². The van der Waals surface area contributed by atoms with E-state index in [0.717, 1.165) is 5.69 Å². The normalized spacial score (nSPS) is 11.6. The first-order valence-corrected chi connectivity index (χ1v) is 13.3. The van der Waals surface area contributed by atoms with E-state index in [1.54, 1.807) is 36.4 Å². The SMILES string of the molecule is COc1cc(/N=N/c2ccccc2)ccc1CC(=O)Nc1ccc(/N=N/c2cccc(S(=O)(=O)O)c2)cc1OC. The Hall–Kier alpha value is -4.94. The zero-order valence-electron chi connectivity index (χ0n) is 21.6. The molecule has 0 aliphatic rings. The van der Waals surface area contributed by atoms with E-state index in [0.29, 0.717) is 34.1 Å². The molecule has 4 aromatic rings. The van der Waals surface area contributed by atoms with E-state index in [9.17, 15) is 17.8 Å². The molecule has 11 nitrogen and oxygen atoms in total. The number of carbonyl (C=O) groups is 1. The van der Waals surface area contributed by atoms with Crippen LogP contribution in [0.2, 0.25) is 0 Å². The van der Waals surface area contributed by atoms with Crippen molar-refractivity contribution < 1.29 is 27.2 Å². The number of hydrogen-bond acceptors (Lipinski definition) is 9. The summed E-state index contributed by atoms with van der Waals surface area (Å²) in [4.78, 5) is 12.6. The Morgan fingerprint density at radius 1 is 0.725 bits per heavy atom. The van der Waals surface area contributed by atoms with Gasteiger partial charge in [-0.25, -0.2) is 0 Å². The molecular weight excluding hydrogens is 534 g/mol. The number of amides is 1. The number of methoxy groups -OCH3 is 2. The van der Waals surface area contributed by atoms with Crippen LogP contribution in [0.1, 0.15) is 5.56 Å². The van der Waals surface area contributed by atoms with E-state index in [4.69, 9.17) is 9.47 Å². The first-order chi connectivity index (χ1) is 19.2. The van der Waals surface area contributed by atoms with Crippen molar-refractivity contribution in [2.45, 2.75) is 11.3 Å². The number of azo groups is 2. The molecule has 2 N–H and O–H groups in total. The third kappa shape index (κ3) is 7.56. The van der Waals surface area contributed by atoms with Crippen LogP contribution < -0.4 is 14.8 Å². The molecule has 40 heavy (non-hydrogen) atoms. The van der Waals surface area contributed by atoms with Gasteiger partial charge < -0.3 is 14.8 Å². The molecule has 0 aliphatic carbocycles. The molecule has 4 aromatic carbocycles. The summed E-state index contributed by atoms with van der Waals surface area (Å²) in [5.41, 5.74) is 3.02. The number of ether oxygens (including phenoxy) is 2. The predicted molar refractivity (Wildman–Crippen MR) is 149 cm³/mol. The molecule has 0 saturated carbocycles. The van der Waals surface area contributed by atoms with Crippen LogP contribution in [0.25, 0.3) is 0 Å². The summed E-state index contributed by atoms with van der Waals surface area (Å²) < 4.78 is 42.7. The number of hydrogen-bond donors (Lipinski definition) is 2. The summed E-state index contributed by atoms with van der Waals surface area (Å²) in [6.07, 6.45) is 0.0357. The van der Waals surface area contributed by atoms with E-state index < -0.39 is 10.1 Å². The lowest BCUT2D eigenvalue weighted by molar-refractivity contribution is -0.115. The van der Waals surface area contributed by atoms with Crippen molar-refractivity contribution in [3.8, 4) is 11.5 Å². The number of nitrogens with one attached hydrogen (secondary N) is 1. The number of rotatable bonds is 10. The summed E-state index contributed by atoms with van der Waals surface area (Å²) >= 11 is 0. The lowest BCUT2D eigenvalue weighted by Crippen LogP contribution is -2.15. The molecular formula is C28H25N5O6S. The standard InChI is InChI=1S/C28H25N5O6S/c1-38-26-17-22(32-30-20-7-4-3-5-8-20)12-11-19(26)15-28(34)29-25-14-13-23(18-27(25)39-2)33-31-21-9-6-10-24(16-21)40(35,36)37/h3-14,16-18H,15H2,1-2H3,(H,29,34)(H,35,36,37)/b32-30+,33-31+. The summed E-state index contributed by atoms with van der Waals surface area (Å²) in [6.45, 7) is 0. The molecule has 204 valence electrons. The number of anilines is 1. The lowest BCUT2D eigenvalue weighted by Gasteiger charge is -2.12. The van der Waals surface area contributed by atoms with Crippen molar-refractivity contribution in [1.82, 2.24) is 0 Å². The topological polar surface area (TPSA) is 151 Å². The molecule has 0 heterocycles. The van der Waals surface area contributed by atoms with E-state index in [2.05, 4.69) is 25.8 Å². The van der Waals surface area contributed by atoms with Crippen LogP contribution in [0.15, 0.2) is 116 Å². The van der Waals surface area contributed by atoms with Gasteiger partial charge in [0.2, 0.25) is 5.91 Å². The highest BCUT2D eigenvalue weighted by Crippen LogP contribution is 2.32. The van der Waals surface area contributed by atoms with Crippen molar-refractivity contribution in [3.63, 3.8) is 0 Å². The van der Waals surface area contributed by atoms with Gasteiger partial charge in [-0.3, -0.25) is 9.35 Å². The summed E-state index contributed by atoms with van der Waals surface area (Å²) in [5.74, 6) is 0.548. The molecule has 0 spiro atoms. The first kappa shape index (κ1) is 28.1. The monoisotopic (exact) mass is 559 g/mol. The average Bonchev–Trinajstić information content (AvgIpc) is 2.96. The van der Waals surface area contributed by atoms with Gasteiger partial charge in [0.15, 0.2) is 0 Å². The maximum absolute atomic E-state index is 12.8. The van der Waals surface area contributed by atoms with Crippen LogP contribution in [0.3, 0.4) is 0 Å². The Bertz CT molecular complexity index is 1670. The van der Waals surface area contributed by atoms with Crippen LogP contribution in [0.4, 0.5) is 28.4 Å². The summed E-state index contributed by atoms with van der Waals surface area (Å²) in [5, 5.41) is 19.3. The van der Waals surface area contributed by atoms with Gasteiger partial charge in [-0.1, -0.05) is 30.3 Å². The van der Waals surface area contributed by atoms with E-state index >= 15 is 0 Å². The third-order valence-electron chi connectivity index (χ3n) is 5.51. The number of nitrogens with zero attached hydrogens (tertiary/aromatic N) is 4. The van der Waals surface area contributed by atoms with Gasteiger partial charge in [0, 0.05) is 17.7 Å². The summed E-state index contributed by atoms with van der Waals surface area (Å²) in [6, 6.07) is 24.8. The largest absolute Gasteiger partial charge is 0.496 e. The van der Waals surface area contributed by atoms with Gasteiger partial charge in [0.05, 0.1) is 54.0 Å². The molecule has 12 heteroatoms. The van der Waals surface area contributed by atoms with Gasteiger partial charge in [0.1, 0.15) is 11.5 Å². The molecule has 0 aromatic heterocycles. The molecule has 0 fully saturated rings. The lowest BCUT2D eigenvalue weighted by atomic mass is 10.1. The Morgan fingerprint density at radius 2 is 1.30 bits per heavy atom. The van der Waals surface area contributed by atoms with Crippen LogP contribution in [-0.2, 0) is 21.3 Å². The zero-order chi connectivity index (χ0) is 28.5. The van der Waals surface area contributed by atoms with Gasteiger partial charge in [-0.15, -0.1) is 0 Å². The van der Waals surface area contributed by atoms with Crippen molar-refractivity contribution in [3.05, 3.63) is 96.6 Å². The first-order valence-electron chi connectivity index (χ1n) is 11.9. The van der Waals surface area contributed by atoms with Crippen LogP contribution in [0, 0.1) is 0 Å². The smallest absolute Gasteiger partial charge is 0.294 e. The molecule has 0 bridgehead atoms. The second-order valence-electron chi connectivity index (χ2n) is 8.31.